The molecule has 34 heavy (non-hydrogen) atoms. The number of fused-ring (bicyclic) bond motifs is 2. The minimum Gasteiger partial charge on any atom is -0.322 e. The van der Waals surface area contributed by atoms with E-state index in [1.54, 1.807) is 6.33 Å². The third kappa shape index (κ3) is 3.20. The molecule has 0 amide bonds. The molecule has 5 heterocycles. The molecule has 5 aromatic rings. The summed E-state index contributed by atoms with van der Waals surface area (Å²) in [6.07, 6.45) is 5.79. The van der Waals surface area contributed by atoms with Crippen molar-refractivity contribution in [1.29, 1.82) is 0 Å². The molecule has 0 radical (unpaired) electrons. The lowest BCUT2D eigenvalue weighted by atomic mass is 10.0. The average molecular weight is 448 g/mol. The van der Waals surface area contributed by atoms with Crippen molar-refractivity contribution in [2.45, 2.75) is 33.4 Å². The maximum Gasteiger partial charge on any atom is 0.182 e. The van der Waals surface area contributed by atoms with Crippen molar-refractivity contribution in [1.82, 2.24) is 29.1 Å². The summed E-state index contributed by atoms with van der Waals surface area (Å²) < 4.78 is 4.15. The van der Waals surface area contributed by atoms with E-state index in [0.717, 1.165) is 57.6 Å². The van der Waals surface area contributed by atoms with Gasteiger partial charge in [-0.3, -0.25) is 0 Å². The molecule has 0 unspecified atom stereocenters. The minimum atomic E-state index is 0.255. The third-order valence-electron chi connectivity index (χ3n) is 6.47. The highest BCUT2D eigenvalue weighted by atomic mass is 15.3. The maximum absolute atomic E-state index is 4.92. The van der Waals surface area contributed by atoms with Crippen LogP contribution in [0.2, 0.25) is 0 Å². The van der Waals surface area contributed by atoms with Gasteiger partial charge >= 0.3 is 0 Å². The zero-order valence-corrected chi connectivity index (χ0v) is 19.5. The second kappa shape index (κ2) is 7.66. The number of hydrogen-bond donors (Lipinski definition) is 0. The zero-order valence-electron chi connectivity index (χ0n) is 19.5. The number of anilines is 1. The number of aromatic nitrogens is 6. The lowest BCUT2D eigenvalue weighted by Gasteiger charge is -2.19. The molecule has 7 heteroatoms. The van der Waals surface area contributed by atoms with Crippen LogP contribution in [0, 0.1) is 6.92 Å². The van der Waals surface area contributed by atoms with Crippen molar-refractivity contribution < 1.29 is 0 Å². The standard InChI is InChI=1S/C27H25N7/c1-17(2)34-16-29-31-27(34)24-6-5-7-26(30-24)33-15-22-9-8-20(12-23(22)19(33)4)21-10-11-25-28-13-18(3)32(25)14-21/h5-14,16-17H,4,15H2,1-3H3. The van der Waals surface area contributed by atoms with Crippen molar-refractivity contribution >= 4 is 17.2 Å². The van der Waals surface area contributed by atoms with Crippen molar-refractivity contribution in [3.63, 3.8) is 0 Å². The Bertz CT molecular complexity index is 1560. The van der Waals surface area contributed by atoms with Crippen LogP contribution < -0.4 is 4.90 Å². The first-order valence-corrected chi connectivity index (χ1v) is 11.4. The van der Waals surface area contributed by atoms with Crippen molar-refractivity contribution in [3.8, 4) is 22.6 Å². The van der Waals surface area contributed by atoms with Gasteiger partial charge in [-0.25, -0.2) is 9.97 Å². The van der Waals surface area contributed by atoms with Crippen molar-refractivity contribution in [3.05, 3.63) is 90.7 Å². The van der Waals surface area contributed by atoms with Gasteiger partial charge in [-0.15, -0.1) is 10.2 Å². The van der Waals surface area contributed by atoms with E-state index in [2.05, 4.69) is 88.4 Å². The summed E-state index contributed by atoms with van der Waals surface area (Å²) in [5.41, 5.74) is 8.52. The van der Waals surface area contributed by atoms with Gasteiger partial charge in [0.15, 0.2) is 5.82 Å². The number of rotatable bonds is 4. The van der Waals surface area contributed by atoms with Crippen LogP contribution >= 0.6 is 0 Å². The van der Waals surface area contributed by atoms with E-state index >= 15 is 0 Å². The summed E-state index contributed by atoms with van der Waals surface area (Å²) in [4.78, 5) is 11.5. The number of hydrogen-bond acceptors (Lipinski definition) is 5. The Morgan fingerprint density at radius 3 is 2.74 bits per heavy atom. The normalized spacial score (nSPS) is 13.3. The molecule has 1 aliphatic rings. The van der Waals surface area contributed by atoms with E-state index in [1.807, 2.05) is 29.0 Å². The van der Waals surface area contributed by atoms with Gasteiger partial charge in [0.1, 0.15) is 23.5 Å². The summed E-state index contributed by atoms with van der Waals surface area (Å²) in [5.74, 6) is 1.63. The predicted octanol–water partition coefficient (Wildman–Crippen LogP) is 5.54. The second-order valence-corrected chi connectivity index (χ2v) is 8.99. The summed E-state index contributed by atoms with van der Waals surface area (Å²) in [6.45, 7) is 11.4. The Kier molecular flexibility index (Phi) is 4.58. The van der Waals surface area contributed by atoms with Gasteiger partial charge in [0.2, 0.25) is 0 Å². The molecule has 0 aliphatic carbocycles. The fourth-order valence-corrected chi connectivity index (χ4v) is 4.57. The zero-order chi connectivity index (χ0) is 23.4. The monoisotopic (exact) mass is 447 g/mol. The third-order valence-corrected chi connectivity index (χ3v) is 6.47. The van der Waals surface area contributed by atoms with Gasteiger partial charge in [0.25, 0.3) is 0 Å². The van der Waals surface area contributed by atoms with Gasteiger partial charge in [0.05, 0.1) is 6.54 Å². The molecular formula is C27H25N7. The number of pyridine rings is 2. The Labute approximate surface area is 198 Å². The molecular weight excluding hydrogens is 422 g/mol. The van der Waals surface area contributed by atoms with Crippen LogP contribution in [0.15, 0.2) is 73.8 Å². The molecule has 0 fully saturated rings. The first-order valence-electron chi connectivity index (χ1n) is 11.4. The van der Waals surface area contributed by atoms with Crippen LogP contribution in [0.5, 0.6) is 0 Å². The van der Waals surface area contributed by atoms with E-state index < -0.39 is 0 Å². The van der Waals surface area contributed by atoms with Gasteiger partial charge in [-0.1, -0.05) is 24.8 Å². The van der Waals surface area contributed by atoms with E-state index in [-0.39, 0.29) is 6.04 Å². The van der Waals surface area contributed by atoms with Crippen LogP contribution in [-0.4, -0.2) is 29.1 Å². The molecule has 168 valence electrons. The first kappa shape index (κ1) is 20.4. The fourth-order valence-electron chi connectivity index (χ4n) is 4.57. The summed E-state index contributed by atoms with van der Waals surface area (Å²) >= 11 is 0. The lowest BCUT2D eigenvalue weighted by Crippen LogP contribution is -2.15. The summed E-state index contributed by atoms with van der Waals surface area (Å²) in [6, 6.07) is 17.0. The van der Waals surface area contributed by atoms with E-state index in [0.29, 0.717) is 0 Å². The topological polar surface area (TPSA) is 64.1 Å². The number of benzene rings is 1. The van der Waals surface area contributed by atoms with E-state index in [1.165, 1.54) is 5.56 Å². The molecule has 0 spiro atoms. The Morgan fingerprint density at radius 1 is 1.03 bits per heavy atom. The highest BCUT2D eigenvalue weighted by molar-refractivity contribution is 5.85. The maximum atomic E-state index is 4.92. The van der Waals surface area contributed by atoms with Crippen LogP contribution in [0.1, 0.15) is 36.7 Å². The molecule has 0 saturated heterocycles. The SMILES string of the molecule is C=C1c2cc(-c3ccc4ncc(C)n4c3)ccc2CN1c1cccc(-c2nncn2C(C)C)n1. The van der Waals surface area contributed by atoms with E-state index in [4.69, 9.17) is 4.98 Å². The molecule has 7 nitrogen and oxygen atoms in total. The highest BCUT2D eigenvalue weighted by Gasteiger charge is 2.25. The Morgan fingerprint density at radius 2 is 1.88 bits per heavy atom. The largest absolute Gasteiger partial charge is 0.322 e. The van der Waals surface area contributed by atoms with Gasteiger partial charge < -0.3 is 13.9 Å². The van der Waals surface area contributed by atoms with Crippen LogP contribution in [0.25, 0.3) is 34.0 Å². The van der Waals surface area contributed by atoms with Crippen LogP contribution in [0.3, 0.4) is 0 Å². The lowest BCUT2D eigenvalue weighted by molar-refractivity contribution is 0.603. The quantitative estimate of drug-likeness (QED) is 0.362. The molecule has 0 bridgehead atoms. The fraction of sp³-hybridized carbons (Fsp3) is 0.185. The highest BCUT2D eigenvalue weighted by Crippen LogP contribution is 2.38. The number of imidazole rings is 1. The smallest absolute Gasteiger partial charge is 0.182 e. The molecule has 0 saturated carbocycles. The van der Waals surface area contributed by atoms with Gasteiger partial charge in [-0.2, -0.15) is 0 Å². The molecule has 0 atom stereocenters. The Hall–Kier alpha value is -4.26. The summed E-state index contributed by atoms with van der Waals surface area (Å²) in [5, 5.41) is 8.40. The van der Waals surface area contributed by atoms with Crippen LogP contribution in [0.4, 0.5) is 5.82 Å². The van der Waals surface area contributed by atoms with Crippen LogP contribution in [-0.2, 0) is 6.54 Å². The molecule has 4 aromatic heterocycles. The molecule has 6 rings (SSSR count). The Balaban J connectivity index is 1.34. The number of nitrogens with zero attached hydrogens (tertiary/aromatic N) is 7. The first-order chi connectivity index (χ1) is 16.5. The average Bonchev–Trinajstić information content (AvgIpc) is 3.57. The van der Waals surface area contributed by atoms with Gasteiger partial charge in [0, 0.05) is 35.4 Å². The second-order valence-electron chi connectivity index (χ2n) is 8.99. The van der Waals surface area contributed by atoms with Crippen molar-refractivity contribution in [2.24, 2.45) is 0 Å². The van der Waals surface area contributed by atoms with E-state index in [9.17, 15) is 0 Å². The molecule has 1 aliphatic heterocycles. The predicted molar refractivity (Wildman–Crippen MR) is 134 cm³/mol. The molecule has 0 N–H and O–H groups in total. The number of aryl methyl sites for hydroxylation is 1. The van der Waals surface area contributed by atoms with Gasteiger partial charge in [-0.05, 0) is 67.8 Å². The minimum absolute atomic E-state index is 0.255. The van der Waals surface area contributed by atoms with Crippen molar-refractivity contribution in [2.75, 3.05) is 4.90 Å². The summed E-state index contributed by atoms with van der Waals surface area (Å²) in [7, 11) is 0. The molecule has 1 aromatic carbocycles.